The Hall–Kier alpha value is -2.56. The lowest BCUT2D eigenvalue weighted by molar-refractivity contribution is -0.143. The Kier molecular flexibility index (Phi) is 4.46. The van der Waals surface area contributed by atoms with Gasteiger partial charge in [0, 0.05) is 19.6 Å². The molecule has 0 unspecified atom stereocenters. The molecule has 2 aromatic rings. The fourth-order valence-corrected chi connectivity index (χ4v) is 2.97. The Morgan fingerprint density at radius 3 is 2.48 bits per heavy atom. The zero-order chi connectivity index (χ0) is 16.2. The molecule has 3 rings (SSSR count). The second kappa shape index (κ2) is 6.69. The highest BCUT2D eigenvalue weighted by atomic mass is 16.4. The van der Waals surface area contributed by atoms with Crippen molar-refractivity contribution in [3.8, 4) is 0 Å². The van der Waals surface area contributed by atoms with Crippen molar-refractivity contribution in [1.82, 2.24) is 10.2 Å². The van der Waals surface area contributed by atoms with Gasteiger partial charge in [0.15, 0.2) is 0 Å². The van der Waals surface area contributed by atoms with Gasteiger partial charge < -0.3 is 15.3 Å². The number of rotatable bonds is 3. The van der Waals surface area contributed by atoms with Gasteiger partial charge in [-0.05, 0) is 35.2 Å². The molecular weight excluding hydrogens is 292 g/mol. The van der Waals surface area contributed by atoms with Gasteiger partial charge in [-0.15, -0.1) is 0 Å². The Bertz CT molecular complexity index is 721. The molecule has 23 heavy (non-hydrogen) atoms. The number of carboxylic acids is 1. The number of likely N-dealkylation sites (tertiary alicyclic amines) is 1. The van der Waals surface area contributed by atoms with E-state index in [0.29, 0.717) is 32.5 Å². The smallest absolute Gasteiger partial charge is 0.317 e. The topological polar surface area (TPSA) is 69.6 Å². The third-order valence-corrected chi connectivity index (χ3v) is 4.39. The molecule has 0 aliphatic carbocycles. The van der Waals surface area contributed by atoms with E-state index in [1.807, 2.05) is 18.2 Å². The quantitative estimate of drug-likeness (QED) is 0.915. The monoisotopic (exact) mass is 312 g/mol. The van der Waals surface area contributed by atoms with E-state index >= 15 is 0 Å². The minimum atomic E-state index is -0.763. The molecule has 5 heteroatoms. The zero-order valence-corrected chi connectivity index (χ0v) is 12.9. The molecule has 0 radical (unpaired) electrons. The number of fused-ring (bicyclic) bond motifs is 1. The summed E-state index contributed by atoms with van der Waals surface area (Å²) in [5.74, 6) is -1.08. The molecule has 1 saturated heterocycles. The molecule has 0 bridgehead atoms. The summed E-state index contributed by atoms with van der Waals surface area (Å²) in [5, 5.41) is 14.2. The lowest BCUT2D eigenvalue weighted by Gasteiger charge is -2.30. The van der Waals surface area contributed by atoms with E-state index in [1.54, 1.807) is 4.90 Å². The molecule has 1 aliphatic heterocycles. The normalized spacial score (nSPS) is 15.6. The molecule has 2 N–H and O–H groups in total. The second-order valence-electron chi connectivity index (χ2n) is 5.94. The van der Waals surface area contributed by atoms with Gasteiger partial charge in [0.25, 0.3) is 0 Å². The van der Waals surface area contributed by atoms with Crippen molar-refractivity contribution in [2.75, 3.05) is 13.1 Å². The van der Waals surface area contributed by atoms with Crippen molar-refractivity contribution in [3.05, 3.63) is 48.0 Å². The summed E-state index contributed by atoms with van der Waals surface area (Å²) in [6, 6.07) is 14.1. The van der Waals surface area contributed by atoms with Gasteiger partial charge >= 0.3 is 12.0 Å². The van der Waals surface area contributed by atoms with Gasteiger partial charge in [0.05, 0.1) is 5.92 Å². The van der Waals surface area contributed by atoms with Crippen LogP contribution in [-0.4, -0.2) is 35.1 Å². The molecule has 0 atom stereocenters. The van der Waals surface area contributed by atoms with Gasteiger partial charge in [0.1, 0.15) is 0 Å². The van der Waals surface area contributed by atoms with Gasteiger partial charge in [-0.1, -0.05) is 36.4 Å². The lowest BCUT2D eigenvalue weighted by Crippen LogP contribution is -2.45. The molecular formula is C18H20N2O3. The summed E-state index contributed by atoms with van der Waals surface area (Å²) in [6.45, 7) is 1.48. The summed E-state index contributed by atoms with van der Waals surface area (Å²) in [7, 11) is 0. The highest BCUT2D eigenvalue weighted by Gasteiger charge is 2.26. The van der Waals surface area contributed by atoms with Crippen LogP contribution in [0.5, 0.6) is 0 Å². The Balaban J connectivity index is 1.55. The number of hydrogen-bond donors (Lipinski definition) is 2. The predicted octanol–water partition coefficient (Wildman–Crippen LogP) is 2.85. The SMILES string of the molecule is O=C(O)C1CCN(C(=O)NCc2ccc3ccccc3c2)CC1. The number of piperidine rings is 1. The van der Waals surface area contributed by atoms with Gasteiger partial charge in [-0.3, -0.25) is 4.79 Å². The van der Waals surface area contributed by atoms with Gasteiger partial charge in [-0.25, -0.2) is 4.79 Å². The first-order chi connectivity index (χ1) is 11.1. The minimum Gasteiger partial charge on any atom is -0.481 e. The molecule has 2 aromatic carbocycles. The predicted molar refractivity (Wildman–Crippen MR) is 88.1 cm³/mol. The van der Waals surface area contributed by atoms with E-state index in [4.69, 9.17) is 5.11 Å². The van der Waals surface area contributed by atoms with Crippen molar-refractivity contribution in [2.24, 2.45) is 5.92 Å². The zero-order valence-electron chi connectivity index (χ0n) is 12.9. The third kappa shape index (κ3) is 3.62. The summed E-state index contributed by atoms with van der Waals surface area (Å²) in [5.41, 5.74) is 1.05. The van der Waals surface area contributed by atoms with Crippen LogP contribution in [0, 0.1) is 5.92 Å². The number of aliphatic carboxylic acids is 1. The maximum absolute atomic E-state index is 12.2. The second-order valence-corrected chi connectivity index (χ2v) is 5.94. The summed E-state index contributed by atoms with van der Waals surface area (Å²) < 4.78 is 0. The number of nitrogens with zero attached hydrogens (tertiary/aromatic N) is 1. The largest absolute Gasteiger partial charge is 0.481 e. The number of nitrogens with one attached hydrogen (secondary N) is 1. The molecule has 0 saturated carbocycles. The Morgan fingerprint density at radius 1 is 1.09 bits per heavy atom. The summed E-state index contributed by atoms with van der Waals surface area (Å²) >= 11 is 0. The van der Waals surface area contributed by atoms with Crippen LogP contribution in [0.2, 0.25) is 0 Å². The molecule has 0 aromatic heterocycles. The van der Waals surface area contributed by atoms with Crippen LogP contribution >= 0.6 is 0 Å². The van der Waals surface area contributed by atoms with Crippen molar-refractivity contribution in [3.63, 3.8) is 0 Å². The molecule has 2 amide bonds. The van der Waals surface area contributed by atoms with Crippen molar-refractivity contribution in [2.45, 2.75) is 19.4 Å². The number of hydrogen-bond acceptors (Lipinski definition) is 2. The highest BCUT2D eigenvalue weighted by Crippen LogP contribution is 2.18. The molecule has 120 valence electrons. The summed E-state index contributed by atoms with van der Waals surface area (Å²) in [4.78, 5) is 24.8. The first kappa shape index (κ1) is 15.3. The average molecular weight is 312 g/mol. The van der Waals surface area contributed by atoms with Crippen LogP contribution in [0.15, 0.2) is 42.5 Å². The minimum absolute atomic E-state index is 0.123. The third-order valence-electron chi connectivity index (χ3n) is 4.39. The van der Waals surface area contributed by atoms with Crippen LogP contribution in [-0.2, 0) is 11.3 Å². The average Bonchev–Trinajstić information content (AvgIpc) is 2.59. The van der Waals surface area contributed by atoms with Crippen LogP contribution in [0.25, 0.3) is 10.8 Å². The maximum atomic E-state index is 12.2. The van der Waals surface area contributed by atoms with E-state index in [1.165, 1.54) is 5.39 Å². The number of carbonyl (C=O) groups excluding carboxylic acids is 1. The fraction of sp³-hybridized carbons (Fsp3) is 0.333. The molecule has 1 heterocycles. The maximum Gasteiger partial charge on any atom is 0.317 e. The van der Waals surface area contributed by atoms with E-state index in [2.05, 4.69) is 29.6 Å². The first-order valence-corrected chi connectivity index (χ1v) is 7.87. The van der Waals surface area contributed by atoms with Gasteiger partial charge in [-0.2, -0.15) is 0 Å². The number of carbonyl (C=O) groups is 2. The summed E-state index contributed by atoms with van der Waals surface area (Å²) in [6.07, 6.45) is 1.05. The fourth-order valence-electron chi connectivity index (χ4n) is 2.97. The number of carboxylic acid groups (broad SMARTS) is 1. The molecule has 0 spiro atoms. The van der Waals surface area contributed by atoms with Crippen molar-refractivity contribution < 1.29 is 14.7 Å². The van der Waals surface area contributed by atoms with E-state index < -0.39 is 5.97 Å². The number of amides is 2. The van der Waals surface area contributed by atoms with E-state index in [9.17, 15) is 9.59 Å². The van der Waals surface area contributed by atoms with Crippen LogP contribution in [0.3, 0.4) is 0 Å². The number of urea groups is 1. The van der Waals surface area contributed by atoms with Crippen molar-refractivity contribution >= 4 is 22.8 Å². The van der Waals surface area contributed by atoms with E-state index in [0.717, 1.165) is 10.9 Å². The van der Waals surface area contributed by atoms with E-state index in [-0.39, 0.29) is 11.9 Å². The molecule has 1 aliphatic rings. The highest BCUT2D eigenvalue weighted by molar-refractivity contribution is 5.83. The van der Waals surface area contributed by atoms with Crippen LogP contribution < -0.4 is 5.32 Å². The Labute approximate surface area is 134 Å². The first-order valence-electron chi connectivity index (χ1n) is 7.87. The van der Waals surface area contributed by atoms with Crippen molar-refractivity contribution in [1.29, 1.82) is 0 Å². The molecule has 5 nitrogen and oxygen atoms in total. The molecule has 1 fully saturated rings. The lowest BCUT2D eigenvalue weighted by atomic mass is 9.97. The number of benzene rings is 2. The Morgan fingerprint density at radius 2 is 1.78 bits per heavy atom. The van der Waals surface area contributed by atoms with Crippen LogP contribution in [0.4, 0.5) is 4.79 Å². The van der Waals surface area contributed by atoms with Crippen LogP contribution in [0.1, 0.15) is 18.4 Å². The van der Waals surface area contributed by atoms with Gasteiger partial charge in [0.2, 0.25) is 0 Å². The standard InChI is InChI=1S/C18H20N2O3/c21-17(22)15-7-9-20(10-8-15)18(23)19-12-13-5-6-14-3-1-2-4-16(14)11-13/h1-6,11,15H,7-10,12H2,(H,19,23)(H,21,22).